The van der Waals surface area contributed by atoms with Crippen LogP contribution in [0.4, 0.5) is 0 Å². The number of hydrogen-bond donors (Lipinski definition) is 2. The molecule has 0 aliphatic heterocycles. The third kappa shape index (κ3) is 1.04. The highest BCUT2D eigenvalue weighted by Gasteiger charge is 2.43. The summed E-state index contributed by atoms with van der Waals surface area (Å²) in [5, 5.41) is 12.9. The highest BCUT2D eigenvalue weighted by Crippen LogP contribution is 2.38. The minimum absolute atomic E-state index is 0.271. The fourth-order valence-corrected chi connectivity index (χ4v) is 1.59. The zero-order chi connectivity index (χ0) is 8.77. The molecule has 0 spiro atoms. The first-order valence-corrected chi connectivity index (χ1v) is 4.01. The predicted octanol–water partition coefficient (Wildman–Crippen LogP) is 0.292. The molecular weight excluding hydrogens is 156 g/mol. The molecular formula is C8H12N2O2. The standard InChI is InChI=1S/C8H12N2O2/c1-5-2-7(10-12-5)8(9)3-6(11)4-8/h2,6,11H,3-4,9H2,1H3. The molecule has 1 saturated carbocycles. The van der Waals surface area contributed by atoms with Crippen LogP contribution in [0.15, 0.2) is 10.6 Å². The first-order chi connectivity index (χ1) is 5.60. The quantitative estimate of drug-likeness (QED) is 0.632. The van der Waals surface area contributed by atoms with E-state index in [1.54, 1.807) is 0 Å². The third-order valence-electron chi connectivity index (χ3n) is 2.34. The van der Waals surface area contributed by atoms with Gasteiger partial charge in [0.15, 0.2) is 0 Å². The van der Waals surface area contributed by atoms with Crippen molar-refractivity contribution in [1.82, 2.24) is 5.16 Å². The first kappa shape index (κ1) is 7.76. The van der Waals surface area contributed by atoms with Crippen molar-refractivity contribution in [3.05, 3.63) is 17.5 Å². The molecule has 0 saturated heterocycles. The van der Waals surface area contributed by atoms with E-state index in [0.29, 0.717) is 12.8 Å². The smallest absolute Gasteiger partial charge is 0.134 e. The summed E-state index contributed by atoms with van der Waals surface area (Å²) < 4.78 is 4.91. The lowest BCUT2D eigenvalue weighted by molar-refractivity contribution is 0.0174. The molecule has 0 bridgehead atoms. The average Bonchev–Trinajstić information content (AvgIpc) is 2.33. The minimum atomic E-state index is -0.447. The Morgan fingerprint density at radius 1 is 1.75 bits per heavy atom. The largest absolute Gasteiger partial charge is 0.393 e. The number of nitrogens with zero attached hydrogens (tertiary/aromatic N) is 1. The van der Waals surface area contributed by atoms with Crippen LogP contribution in [0, 0.1) is 6.92 Å². The molecule has 1 aliphatic rings. The molecule has 1 aromatic rings. The lowest BCUT2D eigenvalue weighted by atomic mass is 9.73. The van der Waals surface area contributed by atoms with Gasteiger partial charge >= 0.3 is 0 Å². The second-order valence-electron chi connectivity index (χ2n) is 3.54. The average molecular weight is 168 g/mol. The first-order valence-electron chi connectivity index (χ1n) is 4.01. The molecule has 4 heteroatoms. The molecule has 0 amide bonds. The van der Waals surface area contributed by atoms with Crippen LogP contribution in [0.1, 0.15) is 24.3 Å². The minimum Gasteiger partial charge on any atom is -0.393 e. The number of aliphatic hydroxyl groups excluding tert-OH is 1. The summed E-state index contributed by atoms with van der Waals surface area (Å²) in [5.41, 5.74) is 6.25. The van der Waals surface area contributed by atoms with E-state index in [4.69, 9.17) is 15.4 Å². The molecule has 1 heterocycles. The van der Waals surface area contributed by atoms with Gasteiger partial charge in [0.1, 0.15) is 11.5 Å². The van der Waals surface area contributed by atoms with Crippen LogP contribution in [0.2, 0.25) is 0 Å². The molecule has 4 nitrogen and oxygen atoms in total. The lowest BCUT2D eigenvalue weighted by Crippen LogP contribution is -2.51. The van der Waals surface area contributed by atoms with Crippen LogP contribution in [-0.2, 0) is 5.54 Å². The molecule has 1 aromatic heterocycles. The van der Waals surface area contributed by atoms with E-state index in [0.717, 1.165) is 11.5 Å². The molecule has 12 heavy (non-hydrogen) atoms. The van der Waals surface area contributed by atoms with E-state index in [-0.39, 0.29) is 6.10 Å². The summed E-state index contributed by atoms with van der Waals surface area (Å²) in [4.78, 5) is 0. The van der Waals surface area contributed by atoms with Gasteiger partial charge in [-0.15, -0.1) is 0 Å². The number of aromatic nitrogens is 1. The van der Waals surface area contributed by atoms with Gasteiger partial charge < -0.3 is 15.4 Å². The molecule has 2 rings (SSSR count). The van der Waals surface area contributed by atoms with Gasteiger partial charge in [-0.2, -0.15) is 0 Å². The van der Waals surface area contributed by atoms with Gasteiger partial charge in [0.2, 0.25) is 0 Å². The van der Waals surface area contributed by atoms with Crippen molar-refractivity contribution in [1.29, 1.82) is 0 Å². The van der Waals surface area contributed by atoms with Crippen LogP contribution in [0.5, 0.6) is 0 Å². The van der Waals surface area contributed by atoms with Crippen LogP contribution in [0.3, 0.4) is 0 Å². The van der Waals surface area contributed by atoms with Crippen LogP contribution in [-0.4, -0.2) is 16.4 Å². The summed E-state index contributed by atoms with van der Waals surface area (Å²) in [6, 6.07) is 1.83. The van der Waals surface area contributed by atoms with E-state index in [1.807, 2.05) is 13.0 Å². The highest BCUT2D eigenvalue weighted by atomic mass is 16.5. The van der Waals surface area contributed by atoms with Crippen molar-refractivity contribution >= 4 is 0 Å². The van der Waals surface area contributed by atoms with Gasteiger partial charge in [0.25, 0.3) is 0 Å². The van der Waals surface area contributed by atoms with Crippen molar-refractivity contribution in [2.24, 2.45) is 5.73 Å². The summed E-state index contributed by atoms with van der Waals surface area (Å²) >= 11 is 0. The van der Waals surface area contributed by atoms with Crippen LogP contribution >= 0.6 is 0 Å². The van der Waals surface area contributed by atoms with Gasteiger partial charge in [-0.25, -0.2) is 0 Å². The van der Waals surface area contributed by atoms with Crippen molar-refractivity contribution in [2.45, 2.75) is 31.4 Å². The molecule has 3 N–H and O–H groups in total. The summed E-state index contributed by atoms with van der Waals surface area (Å²) in [6.45, 7) is 1.83. The fraction of sp³-hybridized carbons (Fsp3) is 0.625. The Morgan fingerprint density at radius 3 is 2.83 bits per heavy atom. The monoisotopic (exact) mass is 168 g/mol. The Hall–Kier alpha value is -0.870. The van der Waals surface area contributed by atoms with E-state index in [1.165, 1.54) is 0 Å². The van der Waals surface area contributed by atoms with E-state index in [2.05, 4.69) is 5.16 Å². The van der Waals surface area contributed by atoms with Gasteiger partial charge in [-0.1, -0.05) is 5.16 Å². The van der Waals surface area contributed by atoms with Crippen molar-refractivity contribution < 1.29 is 9.63 Å². The van der Waals surface area contributed by atoms with Gasteiger partial charge in [-0.05, 0) is 19.8 Å². The van der Waals surface area contributed by atoms with Gasteiger partial charge in [0.05, 0.1) is 11.6 Å². The second-order valence-corrected chi connectivity index (χ2v) is 3.54. The molecule has 1 fully saturated rings. The second kappa shape index (κ2) is 2.31. The number of hydrogen-bond acceptors (Lipinski definition) is 4. The van der Waals surface area contributed by atoms with Crippen molar-refractivity contribution in [3.63, 3.8) is 0 Å². The Kier molecular flexibility index (Phi) is 1.49. The summed E-state index contributed by atoms with van der Waals surface area (Å²) in [7, 11) is 0. The number of aryl methyl sites for hydroxylation is 1. The zero-order valence-electron chi connectivity index (χ0n) is 6.95. The molecule has 1 aliphatic carbocycles. The van der Waals surface area contributed by atoms with E-state index in [9.17, 15) is 0 Å². The van der Waals surface area contributed by atoms with Crippen LogP contribution in [0.25, 0.3) is 0 Å². The summed E-state index contributed by atoms with van der Waals surface area (Å²) in [5.74, 6) is 0.760. The Balaban J connectivity index is 2.20. The van der Waals surface area contributed by atoms with Gasteiger partial charge in [-0.3, -0.25) is 0 Å². The number of rotatable bonds is 1. The molecule has 0 unspecified atom stereocenters. The molecule has 0 aromatic carbocycles. The Morgan fingerprint density at radius 2 is 2.42 bits per heavy atom. The SMILES string of the molecule is Cc1cc(C2(N)CC(O)C2)no1. The third-order valence-corrected chi connectivity index (χ3v) is 2.34. The molecule has 0 atom stereocenters. The molecule has 0 radical (unpaired) electrons. The maximum absolute atomic E-state index is 9.11. The molecule has 66 valence electrons. The highest BCUT2D eigenvalue weighted by molar-refractivity contribution is 5.19. The Bertz CT molecular complexity index is 289. The normalized spacial score (nSPS) is 34.8. The number of nitrogens with two attached hydrogens (primary N) is 1. The summed E-state index contributed by atoms with van der Waals surface area (Å²) in [6.07, 6.45) is 0.893. The maximum atomic E-state index is 9.11. The van der Waals surface area contributed by atoms with Crippen molar-refractivity contribution in [2.75, 3.05) is 0 Å². The fourth-order valence-electron chi connectivity index (χ4n) is 1.59. The number of aliphatic hydroxyl groups is 1. The lowest BCUT2D eigenvalue weighted by Gasteiger charge is -2.40. The Labute approximate surface area is 70.3 Å². The van der Waals surface area contributed by atoms with E-state index >= 15 is 0 Å². The predicted molar refractivity (Wildman–Crippen MR) is 42.3 cm³/mol. The topological polar surface area (TPSA) is 72.3 Å². The van der Waals surface area contributed by atoms with Crippen molar-refractivity contribution in [3.8, 4) is 0 Å². The van der Waals surface area contributed by atoms with E-state index < -0.39 is 5.54 Å². The maximum Gasteiger partial charge on any atom is 0.134 e. The van der Waals surface area contributed by atoms with Gasteiger partial charge in [0, 0.05) is 6.07 Å². The zero-order valence-corrected chi connectivity index (χ0v) is 6.95. The van der Waals surface area contributed by atoms with Crippen LogP contribution < -0.4 is 5.73 Å².